The maximum atomic E-state index is 13.0. The van der Waals surface area contributed by atoms with Gasteiger partial charge in [-0.3, -0.25) is 0 Å². The quantitative estimate of drug-likeness (QED) is 0.632. The average Bonchev–Trinajstić information content (AvgIpc) is 2.15. The lowest BCUT2D eigenvalue weighted by Crippen LogP contribution is -2.22. The van der Waals surface area contributed by atoms with Gasteiger partial charge in [-0.2, -0.15) is 8.78 Å². The molecule has 17 heavy (non-hydrogen) atoms. The van der Waals surface area contributed by atoms with Gasteiger partial charge in [0.05, 0.1) is 0 Å². The molecule has 94 valence electrons. The van der Waals surface area contributed by atoms with Gasteiger partial charge in [0.15, 0.2) is 5.75 Å². The van der Waals surface area contributed by atoms with Crippen LogP contribution in [-0.2, 0) is 0 Å². The minimum absolute atomic E-state index is 0.434. The molecule has 2 N–H and O–H groups in total. The molecular weight excluding hydrogens is 254 g/mol. The van der Waals surface area contributed by atoms with Crippen molar-refractivity contribution in [3.63, 3.8) is 0 Å². The van der Waals surface area contributed by atoms with Crippen LogP contribution in [0.1, 0.15) is 0 Å². The molecule has 0 atom stereocenters. The Morgan fingerprint density at radius 1 is 1.00 bits per heavy atom. The Morgan fingerprint density at radius 2 is 1.47 bits per heavy atom. The minimum Gasteiger partial charge on any atom is -0.509 e. The third-order valence-electron chi connectivity index (χ3n) is 1.47. The zero-order chi connectivity index (χ0) is 13.2. The number of hydrogen-bond acceptors (Lipinski definition) is 4. The third-order valence-corrected chi connectivity index (χ3v) is 1.47. The highest BCUT2D eigenvalue weighted by atomic mass is 19.4. The molecule has 1 aromatic rings. The van der Waals surface area contributed by atoms with Crippen LogP contribution in [0.3, 0.4) is 0 Å². The summed E-state index contributed by atoms with van der Waals surface area (Å²) in [4.78, 5) is 0. The summed E-state index contributed by atoms with van der Waals surface area (Å²) in [7, 11) is -2.43. The number of ether oxygens (including phenoxy) is 1. The molecule has 0 unspecified atom stereocenters. The van der Waals surface area contributed by atoms with Gasteiger partial charge in [0.25, 0.3) is 0 Å². The number of alkyl halides is 3. The first-order valence-electron chi connectivity index (χ1n) is 3.97. The molecule has 1 rings (SSSR count). The number of halogens is 5. The van der Waals surface area contributed by atoms with E-state index in [9.17, 15) is 22.0 Å². The molecule has 0 amide bonds. The number of rotatable bonds is 3. The normalized spacial score (nSPS) is 11.2. The van der Waals surface area contributed by atoms with Crippen LogP contribution in [0, 0.1) is 11.6 Å². The van der Waals surface area contributed by atoms with E-state index in [4.69, 9.17) is 10.0 Å². The summed E-state index contributed by atoms with van der Waals surface area (Å²) in [5.41, 5.74) is 0. The maximum Gasteiger partial charge on any atom is 0.707 e. The van der Waals surface area contributed by atoms with Crippen molar-refractivity contribution in [1.29, 1.82) is 0 Å². The minimum atomic E-state index is -5.17. The van der Waals surface area contributed by atoms with E-state index in [1.54, 1.807) is 0 Å². The highest BCUT2D eigenvalue weighted by molar-refractivity contribution is 6.33. The molecule has 1 aromatic carbocycles. The summed E-state index contributed by atoms with van der Waals surface area (Å²) >= 11 is 0. The first-order chi connectivity index (χ1) is 7.70. The van der Waals surface area contributed by atoms with Crippen LogP contribution in [0.5, 0.6) is 11.5 Å². The Kier molecular flexibility index (Phi) is 3.78. The van der Waals surface area contributed by atoms with Crippen LogP contribution in [0.2, 0.25) is 0 Å². The molecule has 0 aromatic heterocycles. The lowest BCUT2D eigenvalue weighted by molar-refractivity contribution is -0.275. The summed E-state index contributed by atoms with van der Waals surface area (Å²) in [6, 6.07) is 0.989. The Labute approximate surface area is 91.4 Å². The van der Waals surface area contributed by atoms with E-state index in [1.807, 2.05) is 0 Å². The molecule has 0 aliphatic carbocycles. The van der Waals surface area contributed by atoms with E-state index >= 15 is 0 Å². The van der Waals surface area contributed by atoms with Crippen molar-refractivity contribution in [3.8, 4) is 11.5 Å². The topological polar surface area (TPSA) is 58.9 Å². The van der Waals surface area contributed by atoms with Crippen LogP contribution in [0.4, 0.5) is 22.0 Å². The average molecular weight is 258 g/mol. The summed E-state index contributed by atoms with van der Waals surface area (Å²) in [6.45, 7) is 0. The molecule has 0 bridgehead atoms. The lowest BCUT2D eigenvalue weighted by Gasteiger charge is -2.12. The van der Waals surface area contributed by atoms with Gasteiger partial charge in [0.1, 0.15) is 5.75 Å². The van der Waals surface area contributed by atoms with Crippen molar-refractivity contribution < 1.29 is 41.4 Å². The summed E-state index contributed by atoms with van der Waals surface area (Å²) < 4.78 is 68.4. The Balaban J connectivity index is 3.02. The molecule has 0 radical (unpaired) electrons. The molecule has 10 heteroatoms. The van der Waals surface area contributed by atoms with Gasteiger partial charge in [-0.15, -0.1) is 13.2 Å². The Hall–Kier alpha value is -1.55. The smallest absolute Gasteiger partial charge is 0.509 e. The lowest BCUT2D eigenvalue weighted by atomic mass is 10.2. The van der Waals surface area contributed by atoms with Crippen LogP contribution in [-0.4, -0.2) is 23.7 Å². The molecule has 0 heterocycles. The predicted molar refractivity (Wildman–Crippen MR) is 43.9 cm³/mol. The highest BCUT2D eigenvalue weighted by Crippen LogP contribution is 2.31. The van der Waals surface area contributed by atoms with E-state index in [2.05, 4.69) is 9.39 Å². The van der Waals surface area contributed by atoms with E-state index in [-0.39, 0.29) is 0 Å². The first kappa shape index (κ1) is 13.5. The molecule has 0 saturated carbocycles. The molecule has 0 aliphatic rings. The van der Waals surface area contributed by atoms with Crippen LogP contribution >= 0.6 is 0 Å². The van der Waals surface area contributed by atoms with Crippen molar-refractivity contribution in [3.05, 3.63) is 23.8 Å². The van der Waals surface area contributed by atoms with Gasteiger partial charge in [-0.05, 0) is 12.1 Å². The predicted octanol–water partition coefficient (Wildman–Crippen LogP) is 1.21. The van der Waals surface area contributed by atoms with E-state index in [0.29, 0.717) is 12.1 Å². The molecule has 0 saturated heterocycles. The molecule has 0 spiro atoms. The SMILES string of the molecule is OB(O)Oc1ccc(OC(F)(F)F)c(F)c1F. The van der Waals surface area contributed by atoms with E-state index in [1.165, 1.54) is 0 Å². The highest BCUT2D eigenvalue weighted by Gasteiger charge is 2.33. The van der Waals surface area contributed by atoms with Gasteiger partial charge in [-0.25, -0.2) is 0 Å². The van der Waals surface area contributed by atoms with Gasteiger partial charge < -0.3 is 19.4 Å². The van der Waals surface area contributed by atoms with Crippen molar-refractivity contribution in [2.24, 2.45) is 0 Å². The van der Waals surface area contributed by atoms with Crippen molar-refractivity contribution >= 4 is 7.32 Å². The monoisotopic (exact) mass is 258 g/mol. The largest absolute Gasteiger partial charge is 0.707 e. The second-order valence-corrected chi connectivity index (χ2v) is 2.68. The van der Waals surface area contributed by atoms with Gasteiger partial charge in [-0.1, -0.05) is 0 Å². The fourth-order valence-electron chi connectivity index (χ4n) is 0.922. The van der Waals surface area contributed by atoms with Crippen molar-refractivity contribution in [2.45, 2.75) is 6.36 Å². The third kappa shape index (κ3) is 3.75. The summed E-state index contributed by atoms with van der Waals surface area (Å²) in [5, 5.41) is 16.6. The van der Waals surface area contributed by atoms with E-state index in [0.717, 1.165) is 0 Å². The van der Waals surface area contributed by atoms with E-state index < -0.39 is 36.8 Å². The van der Waals surface area contributed by atoms with Crippen LogP contribution < -0.4 is 9.39 Å². The van der Waals surface area contributed by atoms with Crippen molar-refractivity contribution in [2.75, 3.05) is 0 Å². The first-order valence-corrected chi connectivity index (χ1v) is 3.97. The number of benzene rings is 1. The standard InChI is InChI=1S/C7H4BF5O4/c9-5-3(16-7(11,12)13)1-2-4(6(5)10)17-8(14)15/h1-2,14-15H. The Bertz CT molecular complexity index is 408. The Morgan fingerprint density at radius 3 is 1.94 bits per heavy atom. The zero-order valence-corrected chi connectivity index (χ0v) is 7.83. The zero-order valence-electron chi connectivity index (χ0n) is 7.83. The number of hydrogen-bond donors (Lipinski definition) is 2. The molecule has 4 nitrogen and oxygen atoms in total. The van der Waals surface area contributed by atoms with Gasteiger partial charge >= 0.3 is 13.7 Å². The van der Waals surface area contributed by atoms with Crippen LogP contribution in [0.25, 0.3) is 0 Å². The molecular formula is C7H4BF5O4. The second kappa shape index (κ2) is 4.76. The van der Waals surface area contributed by atoms with Crippen molar-refractivity contribution in [1.82, 2.24) is 0 Å². The van der Waals surface area contributed by atoms with Gasteiger partial charge in [0.2, 0.25) is 11.6 Å². The maximum absolute atomic E-state index is 13.0. The summed E-state index contributed by atoms with van der Waals surface area (Å²) in [5.74, 6) is -6.15. The second-order valence-electron chi connectivity index (χ2n) is 2.68. The van der Waals surface area contributed by atoms with Crippen LogP contribution in [0.15, 0.2) is 12.1 Å². The molecule has 0 aliphatic heterocycles. The van der Waals surface area contributed by atoms with Gasteiger partial charge in [0, 0.05) is 0 Å². The summed E-state index contributed by atoms with van der Waals surface area (Å²) in [6.07, 6.45) is -5.17. The fraction of sp³-hybridized carbons (Fsp3) is 0.143. The fourth-order valence-corrected chi connectivity index (χ4v) is 0.922. The molecule has 0 fully saturated rings.